The molecule has 4 aromatic carbocycles. The molecule has 0 spiro atoms. The monoisotopic (exact) mass is 701 g/mol. The molecule has 2 N–H and O–H groups in total. The van der Waals surface area contributed by atoms with Crippen molar-refractivity contribution in [2.75, 3.05) is 18.0 Å². The molecule has 256 valence electrons. The minimum absolute atomic E-state index is 0.0402. The van der Waals surface area contributed by atoms with Gasteiger partial charge in [-0.2, -0.15) is 4.68 Å². The fourth-order valence-corrected chi connectivity index (χ4v) is 7.33. The van der Waals surface area contributed by atoms with E-state index >= 15 is 0 Å². The highest BCUT2D eigenvalue weighted by molar-refractivity contribution is 6.30. The molecule has 0 aliphatic carbocycles. The minimum Gasteiger partial charge on any atom is -0.478 e. The molecular weight excluding hydrogens is 670 g/mol. The summed E-state index contributed by atoms with van der Waals surface area (Å²) in [4.78, 5) is 56.7. The van der Waals surface area contributed by atoms with E-state index in [1.807, 2.05) is 19.1 Å². The van der Waals surface area contributed by atoms with Crippen LogP contribution in [0.2, 0.25) is 5.02 Å². The van der Waals surface area contributed by atoms with Crippen LogP contribution in [0.25, 0.3) is 11.8 Å². The Balaban J connectivity index is 1.35. The smallest absolute Gasteiger partial charge is 0.335 e. The number of hydrogen-bond donors (Lipinski definition) is 2. The molecule has 0 fully saturated rings. The summed E-state index contributed by atoms with van der Waals surface area (Å²) in [6.07, 6.45) is 5.53. The van der Waals surface area contributed by atoms with Crippen molar-refractivity contribution in [1.82, 2.24) is 30.4 Å². The summed E-state index contributed by atoms with van der Waals surface area (Å²) in [7, 11) is 0. The number of nitrogens with one attached hydrogen (secondary N) is 1. The average Bonchev–Trinajstić information content (AvgIpc) is 3.68. The first-order chi connectivity index (χ1) is 24.7. The number of carboxylic acid groups (broad SMARTS) is 1. The second-order valence-electron chi connectivity index (χ2n) is 12.4. The molecule has 51 heavy (non-hydrogen) atoms. The number of rotatable bonds is 8. The molecule has 0 saturated carbocycles. The van der Waals surface area contributed by atoms with Crippen molar-refractivity contribution in [1.29, 1.82) is 0 Å². The van der Waals surface area contributed by atoms with Gasteiger partial charge >= 0.3 is 5.97 Å². The van der Waals surface area contributed by atoms with Gasteiger partial charge in [0.25, 0.3) is 5.91 Å². The van der Waals surface area contributed by atoms with Crippen LogP contribution in [-0.2, 0) is 16.0 Å². The van der Waals surface area contributed by atoms with Gasteiger partial charge in [-0.1, -0.05) is 59.6 Å². The van der Waals surface area contributed by atoms with Crippen molar-refractivity contribution < 1.29 is 24.3 Å². The quantitative estimate of drug-likeness (QED) is 0.162. The molecule has 1 aromatic heterocycles. The van der Waals surface area contributed by atoms with Crippen LogP contribution in [0.1, 0.15) is 72.6 Å². The summed E-state index contributed by atoms with van der Waals surface area (Å²) in [5.74, 6) is -2.59. The summed E-state index contributed by atoms with van der Waals surface area (Å²) < 4.78 is 1.44. The fourth-order valence-electron chi connectivity index (χ4n) is 7.15. The van der Waals surface area contributed by atoms with Gasteiger partial charge in [0, 0.05) is 46.9 Å². The first-order valence-electron chi connectivity index (χ1n) is 16.3. The average molecular weight is 702 g/mol. The number of carbonyl (C=O) groups excluding carboxylic acids is 3. The number of aromatic carboxylic acids is 1. The number of halogens is 1. The van der Waals surface area contributed by atoms with Crippen LogP contribution in [0, 0.1) is 6.92 Å². The lowest BCUT2D eigenvalue weighted by Gasteiger charge is -2.42. The Hall–Kier alpha value is -6.14. The van der Waals surface area contributed by atoms with E-state index in [4.69, 9.17) is 11.6 Å². The molecule has 5 aromatic rings. The Labute approximate surface area is 297 Å². The highest BCUT2D eigenvalue weighted by Gasteiger charge is 2.40. The number of anilines is 1. The highest BCUT2D eigenvalue weighted by Crippen LogP contribution is 2.43. The van der Waals surface area contributed by atoms with Gasteiger partial charge in [-0.15, -0.1) is 5.10 Å². The predicted molar refractivity (Wildman–Crippen MR) is 190 cm³/mol. The normalized spacial score (nSPS) is 16.7. The van der Waals surface area contributed by atoms with Gasteiger partial charge in [-0.05, 0) is 94.9 Å². The Morgan fingerprint density at radius 2 is 1.75 bits per heavy atom. The van der Waals surface area contributed by atoms with E-state index < -0.39 is 24.0 Å². The molecule has 13 heteroatoms. The van der Waals surface area contributed by atoms with Crippen LogP contribution in [0.3, 0.4) is 0 Å². The van der Waals surface area contributed by atoms with E-state index in [2.05, 4.69) is 26.9 Å². The largest absolute Gasteiger partial charge is 0.478 e. The number of fused-ring (bicyclic) bond motifs is 2. The number of benzene rings is 4. The van der Waals surface area contributed by atoms with Gasteiger partial charge in [-0.25, -0.2) is 4.79 Å². The number of amides is 3. The molecule has 2 atom stereocenters. The van der Waals surface area contributed by atoms with E-state index in [9.17, 15) is 24.3 Å². The zero-order valence-electron chi connectivity index (χ0n) is 27.4. The van der Waals surface area contributed by atoms with Gasteiger partial charge in [0.1, 0.15) is 12.5 Å². The molecule has 0 bridgehead atoms. The lowest BCUT2D eigenvalue weighted by molar-refractivity contribution is -0.130. The maximum atomic E-state index is 14.6. The third-order valence-electron chi connectivity index (χ3n) is 9.37. The second kappa shape index (κ2) is 14.0. The number of aryl methyl sites for hydroxylation is 2. The van der Waals surface area contributed by atoms with Gasteiger partial charge in [0.05, 0.1) is 11.3 Å². The summed E-state index contributed by atoms with van der Waals surface area (Å²) in [5.41, 5.74) is 6.06. The van der Waals surface area contributed by atoms with Crippen molar-refractivity contribution >= 4 is 47.6 Å². The standard InChI is InChI=1S/C38H32ClN7O5/c1-23-11-14-32-24(18-23)6-5-17-44(32)37(49)30-10-4-9-29-35(30)31(27-7-2-3-8-28(27)38(50)51)20-45(36(29)40-22-47)34(48)16-12-25-19-26(39)13-15-33(25)46-21-41-42-43-46/h2-4,7-16,18-19,21-22,31,36H,5-6,17,20H2,1H3,(H,40,47)(H,50,51)/b16-12+. The van der Waals surface area contributed by atoms with Crippen LogP contribution >= 0.6 is 11.6 Å². The summed E-state index contributed by atoms with van der Waals surface area (Å²) in [6, 6.07) is 22.9. The maximum absolute atomic E-state index is 14.6. The summed E-state index contributed by atoms with van der Waals surface area (Å²) in [6.45, 7) is 2.49. The van der Waals surface area contributed by atoms with Crippen LogP contribution in [-0.4, -0.2) is 67.5 Å². The van der Waals surface area contributed by atoms with Crippen molar-refractivity contribution in [3.8, 4) is 5.69 Å². The summed E-state index contributed by atoms with van der Waals surface area (Å²) in [5, 5.41) is 24.8. The summed E-state index contributed by atoms with van der Waals surface area (Å²) >= 11 is 6.30. The van der Waals surface area contributed by atoms with E-state index in [0.29, 0.717) is 51.5 Å². The fraction of sp³-hybridized carbons (Fsp3) is 0.184. The number of hydrogen-bond acceptors (Lipinski definition) is 7. The molecule has 0 radical (unpaired) electrons. The third-order valence-corrected chi connectivity index (χ3v) is 9.60. The van der Waals surface area contributed by atoms with Crippen molar-refractivity contribution in [2.24, 2.45) is 0 Å². The topological polar surface area (TPSA) is 151 Å². The predicted octanol–water partition coefficient (Wildman–Crippen LogP) is 5.35. The van der Waals surface area contributed by atoms with Crippen molar-refractivity contribution in [2.45, 2.75) is 31.8 Å². The second-order valence-corrected chi connectivity index (χ2v) is 12.9. The first kappa shape index (κ1) is 33.4. The van der Waals surface area contributed by atoms with E-state index in [1.165, 1.54) is 28.1 Å². The van der Waals surface area contributed by atoms with Gasteiger partial charge in [0.15, 0.2) is 0 Å². The van der Waals surface area contributed by atoms with Crippen molar-refractivity contribution in [3.05, 3.63) is 141 Å². The number of nitrogens with zero attached hydrogens (tertiary/aromatic N) is 6. The van der Waals surface area contributed by atoms with Crippen LogP contribution in [0.5, 0.6) is 0 Å². The Kier molecular flexibility index (Phi) is 9.16. The van der Waals surface area contributed by atoms with Gasteiger partial charge in [0.2, 0.25) is 12.3 Å². The number of tetrazole rings is 1. The molecule has 2 aliphatic heterocycles. The zero-order valence-corrected chi connectivity index (χ0v) is 28.2. The molecule has 2 aliphatic rings. The Bertz CT molecular complexity index is 2200. The number of aromatic nitrogens is 4. The van der Waals surface area contributed by atoms with Crippen LogP contribution in [0.4, 0.5) is 5.69 Å². The molecule has 0 saturated heterocycles. The van der Waals surface area contributed by atoms with E-state index in [-0.39, 0.29) is 18.0 Å². The molecule has 12 nitrogen and oxygen atoms in total. The van der Waals surface area contributed by atoms with E-state index in [1.54, 1.807) is 65.6 Å². The lowest BCUT2D eigenvalue weighted by atomic mass is 9.78. The molecular formula is C38H32ClN7O5. The van der Waals surface area contributed by atoms with Crippen LogP contribution < -0.4 is 10.2 Å². The number of carbonyl (C=O) groups is 4. The lowest BCUT2D eigenvalue weighted by Crippen LogP contribution is -2.48. The molecule has 3 heterocycles. The van der Waals surface area contributed by atoms with Gasteiger partial charge < -0.3 is 20.2 Å². The van der Waals surface area contributed by atoms with Gasteiger partial charge in [-0.3, -0.25) is 14.4 Å². The Morgan fingerprint density at radius 3 is 2.53 bits per heavy atom. The van der Waals surface area contributed by atoms with Crippen LogP contribution in [0.15, 0.2) is 91.3 Å². The molecule has 7 rings (SSSR count). The van der Waals surface area contributed by atoms with Crippen molar-refractivity contribution in [3.63, 3.8) is 0 Å². The Morgan fingerprint density at radius 1 is 0.961 bits per heavy atom. The SMILES string of the molecule is Cc1ccc2c(c1)CCCN2C(=O)c1cccc2c1C(c1ccccc1C(=O)O)CN(C(=O)/C=C/c1cc(Cl)ccc1-n1cnnn1)C2NC=O. The minimum atomic E-state index is -1.14. The zero-order chi connectivity index (χ0) is 35.6. The number of carboxylic acids is 1. The highest BCUT2D eigenvalue weighted by atomic mass is 35.5. The maximum Gasteiger partial charge on any atom is 0.335 e. The molecule has 3 amide bonds. The molecule has 2 unspecified atom stereocenters. The van der Waals surface area contributed by atoms with E-state index in [0.717, 1.165) is 29.7 Å². The third kappa shape index (κ3) is 6.37. The first-order valence-corrected chi connectivity index (χ1v) is 16.7.